The lowest BCUT2D eigenvalue weighted by Crippen LogP contribution is -2.45. The van der Waals surface area contributed by atoms with Crippen molar-refractivity contribution in [2.24, 2.45) is 10.4 Å². The number of hydrogen-bond donors (Lipinski definition) is 0. The minimum atomic E-state index is -0.240. The third-order valence-electron chi connectivity index (χ3n) is 5.87. The fourth-order valence-electron chi connectivity index (χ4n) is 3.63. The Hall–Kier alpha value is -2.22. The first-order chi connectivity index (χ1) is 11.4. The fraction of sp³-hybridized carbons (Fsp3) is 0.364. The van der Waals surface area contributed by atoms with Gasteiger partial charge in [-0.1, -0.05) is 32.0 Å². The largest absolute Gasteiger partial charge is 0.293 e. The van der Waals surface area contributed by atoms with E-state index in [1.807, 2.05) is 0 Å². The molecule has 0 aliphatic carbocycles. The van der Waals surface area contributed by atoms with Gasteiger partial charge in [-0.15, -0.1) is 0 Å². The van der Waals surface area contributed by atoms with Crippen LogP contribution in [0, 0.1) is 5.41 Å². The molecule has 1 aliphatic heterocycles. The highest BCUT2D eigenvalue weighted by molar-refractivity contribution is 5.62. The SMILES string of the molecule is C=NC1(C)CC(=C)[n+]2ccccc2-c2ccccc2CCC1(C)C. The topological polar surface area (TPSA) is 16.2 Å². The van der Waals surface area contributed by atoms with E-state index in [0.717, 1.165) is 25.0 Å². The molecule has 24 heavy (non-hydrogen) atoms. The van der Waals surface area contributed by atoms with Gasteiger partial charge in [0.2, 0.25) is 5.69 Å². The van der Waals surface area contributed by atoms with Gasteiger partial charge in [0.1, 0.15) is 0 Å². The van der Waals surface area contributed by atoms with Crippen LogP contribution in [0.3, 0.4) is 0 Å². The Kier molecular flexibility index (Phi) is 4.16. The molecule has 2 aromatic rings. The number of aryl methyl sites for hydroxylation is 1. The van der Waals surface area contributed by atoms with Crippen LogP contribution in [0.4, 0.5) is 0 Å². The summed E-state index contributed by atoms with van der Waals surface area (Å²) in [5.41, 5.74) is 4.74. The van der Waals surface area contributed by atoms with Gasteiger partial charge < -0.3 is 0 Å². The molecule has 0 bridgehead atoms. The Morgan fingerprint density at radius 1 is 1.04 bits per heavy atom. The molecular weight excluding hydrogens is 292 g/mol. The average Bonchev–Trinajstić information content (AvgIpc) is 2.59. The molecular formula is C22H27N2+. The smallest absolute Gasteiger partial charge is 0.218 e. The lowest BCUT2D eigenvalue weighted by molar-refractivity contribution is -0.572. The second-order valence-electron chi connectivity index (χ2n) is 7.67. The lowest BCUT2D eigenvalue weighted by atomic mass is 9.67. The molecule has 0 radical (unpaired) electrons. The molecule has 1 aromatic heterocycles. The fourth-order valence-corrected chi connectivity index (χ4v) is 3.63. The quantitative estimate of drug-likeness (QED) is 0.523. The summed E-state index contributed by atoms with van der Waals surface area (Å²) in [5.74, 6) is 0. The van der Waals surface area contributed by atoms with Crippen molar-refractivity contribution in [1.29, 1.82) is 0 Å². The van der Waals surface area contributed by atoms with Crippen molar-refractivity contribution in [3.05, 3.63) is 60.8 Å². The van der Waals surface area contributed by atoms with Crippen LogP contribution < -0.4 is 4.57 Å². The Labute approximate surface area is 145 Å². The summed E-state index contributed by atoms with van der Waals surface area (Å²) in [7, 11) is 0. The highest BCUT2D eigenvalue weighted by atomic mass is 15.0. The van der Waals surface area contributed by atoms with E-state index in [1.165, 1.54) is 16.8 Å². The first-order valence-electron chi connectivity index (χ1n) is 8.63. The molecule has 1 atom stereocenters. The van der Waals surface area contributed by atoms with Gasteiger partial charge in [-0.05, 0) is 56.2 Å². The number of nitrogens with zero attached hydrogens (tertiary/aromatic N) is 2. The first kappa shape index (κ1) is 16.6. The van der Waals surface area contributed by atoms with Gasteiger partial charge >= 0.3 is 0 Å². The number of fused-ring (bicyclic) bond motifs is 3. The maximum Gasteiger partial charge on any atom is 0.218 e. The van der Waals surface area contributed by atoms with E-state index in [0.29, 0.717) is 0 Å². The number of benzene rings is 1. The summed E-state index contributed by atoms with van der Waals surface area (Å²) in [6.07, 6.45) is 5.01. The van der Waals surface area contributed by atoms with Gasteiger partial charge in [-0.3, -0.25) is 4.99 Å². The van der Waals surface area contributed by atoms with E-state index in [4.69, 9.17) is 0 Å². The van der Waals surface area contributed by atoms with E-state index in [-0.39, 0.29) is 11.0 Å². The van der Waals surface area contributed by atoms with E-state index >= 15 is 0 Å². The molecule has 1 aliphatic rings. The van der Waals surface area contributed by atoms with Crippen molar-refractivity contribution >= 4 is 12.4 Å². The summed E-state index contributed by atoms with van der Waals surface area (Å²) in [4.78, 5) is 4.56. The molecule has 0 amide bonds. The molecule has 1 aromatic carbocycles. The summed E-state index contributed by atoms with van der Waals surface area (Å²) in [6, 6.07) is 15.0. The van der Waals surface area contributed by atoms with Crippen molar-refractivity contribution < 1.29 is 4.57 Å². The molecule has 2 heterocycles. The third-order valence-corrected chi connectivity index (χ3v) is 5.87. The summed E-state index contributed by atoms with van der Waals surface area (Å²) in [6.45, 7) is 15.1. The van der Waals surface area contributed by atoms with Gasteiger partial charge in [0.25, 0.3) is 0 Å². The highest BCUT2D eigenvalue weighted by Crippen LogP contribution is 2.43. The van der Waals surface area contributed by atoms with Gasteiger partial charge in [-0.25, -0.2) is 0 Å². The number of aliphatic imine (C=N–C) groups is 1. The molecule has 0 fully saturated rings. The van der Waals surface area contributed by atoms with Crippen molar-refractivity contribution in [3.8, 4) is 11.3 Å². The van der Waals surface area contributed by atoms with E-state index in [1.54, 1.807) is 0 Å². The van der Waals surface area contributed by atoms with Crippen molar-refractivity contribution in [2.75, 3.05) is 0 Å². The van der Waals surface area contributed by atoms with E-state index in [2.05, 4.69) is 92.3 Å². The maximum atomic E-state index is 4.56. The van der Waals surface area contributed by atoms with Crippen molar-refractivity contribution in [1.82, 2.24) is 0 Å². The summed E-state index contributed by atoms with van der Waals surface area (Å²) >= 11 is 0. The van der Waals surface area contributed by atoms with Gasteiger partial charge in [0, 0.05) is 17.7 Å². The summed E-state index contributed by atoms with van der Waals surface area (Å²) in [5, 5.41) is 0. The van der Waals surface area contributed by atoms with Crippen LogP contribution in [-0.4, -0.2) is 12.3 Å². The van der Waals surface area contributed by atoms with Crippen LogP contribution in [0.25, 0.3) is 17.0 Å². The third kappa shape index (κ3) is 2.71. The number of hydrogen-bond acceptors (Lipinski definition) is 1. The molecule has 0 spiro atoms. The zero-order chi connectivity index (χ0) is 17.4. The second kappa shape index (κ2) is 6.01. The van der Waals surface area contributed by atoms with Gasteiger partial charge in [0.15, 0.2) is 11.9 Å². The zero-order valence-electron chi connectivity index (χ0n) is 15.0. The molecule has 0 N–H and O–H groups in total. The van der Waals surface area contributed by atoms with Crippen LogP contribution in [-0.2, 0) is 6.42 Å². The standard InChI is InChI=1S/C22H27N2/c1-17-16-22(4,23-5)21(2,3)14-13-18-10-6-7-11-19(18)20-12-8-9-15-24(17)20/h6-12,15H,1,5,13-14,16H2,2-4H3/q+1. The summed E-state index contributed by atoms with van der Waals surface area (Å²) < 4.78 is 2.21. The lowest BCUT2D eigenvalue weighted by Gasteiger charge is -2.41. The molecule has 2 nitrogen and oxygen atoms in total. The Morgan fingerprint density at radius 2 is 1.75 bits per heavy atom. The molecule has 1 unspecified atom stereocenters. The van der Waals surface area contributed by atoms with Gasteiger partial charge in [-0.2, -0.15) is 4.57 Å². The minimum Gasteiger partial charge on any atom is -0.293 e. The van der Waals surface area contributed by atoms with E-state index < -0.39 is 0 Å². The minimum absolute atomic E-state index is 0.0393. The predicted octanol–water partition coefficient (Wildman–Crippen LogP) is 4.93. The number of rotatable bonds is 1. The number of aromatic nitrogens is 1. The average molecular weight is 319 g/mol. The molecule has 3 rings (SSSR count). The Bertz CT molecular complexity index is 788. The highest BCUT2D eigenvalue weighted by Gasteiger charge is 2.43. The van der Waals surface area contributed by atoms with Crippen LogP contribution in [0.5, 0.6) is 0 Å². The molecule has 2 heteroatoms. The van der Waals surface area contributed by atoms with E-state index in [9.17, 15) is 0 Å². The first-order valence-corrected chi connectivity index (χ1v) is 8.63. The second-order valence-corrected chi connectivity index (χ2v) is 7.67. The van der Waals surface area contributed by atoms with Crippen molar-refractivity contribution in [3.63, 3.8) is 0 Å². The zero-order valence-corrected chi connectivity index (χ0v) is 15.0. The van der Waals surface area contributed by atoms with Gasteiger partial charge in [0.05, 0.1) is 12.0 Å². The maximum absolute atomic E-state index is 4.56. The molecule has 124 valence electrons. The monoisotopic (exact) mass is 319 g/mol. The normalized spacial score (nSPS) is 23.0. The van der Waals surface area contributed by atoms with Crippen LogP contribution >= 0.6 is 0 Å². The van der Waals surface area contributed by atoms with Crippen molar-refractivity contribution in [2.45, 2.75) is 45.6 Å². The van der Waals surface area contributed by atoms with Crippen LogP contribution in [0.1, 0.15) is 39.2 Å². The van der Waals surface area contributed by atoms with Crippen LogP contribution in [0.15, 0.2) is 60.2 Å². The molecule has 0 saturated heterocycles. The van der Waals surface area contributed by atoms with Crippen LogP contribution in [0.2, 0.25) is 0 Å². The Morgan fingerprint density at radius 3 is 2.50 bits per heavy atom. The Balaban J connectivity index is 2.23. The number of pyridine rings is 1. The predicted molar refractivity (Wildman–Crippen MR) is 102 cm³/mol. The molecule has 0 saturated carbocycles.